The average molecular weight is 298 g/mol. The largest absolute Gasteiger partial charge is 0.349 e. The van der Waals surface area contributed by atoms with Crippen LogP contribution in [0.1, 0.15) is 12.0 Å². The number of carbonyl (C=O) groups excluding carboxylic acids is 2. The Morgan fingerprint density at radius 3 is 2.50 bits per heavy atom. The molecule has 0 atom stereocenters. The third kappa shape index (κ3) is 3.01. The van der Waals surface area contributed by atoms with Crippen molar-refractivity contribution in [3.05, 3.63) is 42.0 Å². The van der Waals surface area contributed by atoms with Crippen molar-refractivity contribution in [3.63, 3.8) is 0 Å². The fourth-order valence-electron chi connectivity index (χ4n) is 2.34. The van der Waals surface area contributed by atoms with Crippen molar-refractivity contribution in [2.24, 2.45) is 9.98 Å². The molecule has 0 aliphatic heterocycles. The average Bonchev–Trinajstić information content (AvgIpc) is 2.57. The van der Waals surface area contributed by atoms with Gasteiger partial charge >= 0.3 is 0 Å². The molecule has 1 aromatic rings. The number of benzene rings is 1. The van der Waals surface area contributed by atoms with Gasteiger partial charge in [0.15, 0.2) is 5.79 Å². The molecule has 0 N–H and O–H groups in total. The summed E-state index contributed by atoms with van der Waals surface area (Å²) in [5.41, 5.74) is 2.01. The van der Waals surface area contributed by atoms with Gasteiger partial charge in [0.2, 0.25) is 12.2 Å². The number of allylic oxidation sites excluding steroid dienone is 2. The summed E-state index contributed by atoms with van der Waals surface area (Å²) in [5.74, 6) is -0.879. The number of methoxy groups -OCH3 is 2. The molecule has 0 spiro atoms. The standard InChI is InChI=1S/C16H14N2O4/c1-21-16(22-2)8-4-5-12(9-16)13-6-3-7-14(17-10-19)15(13)18-11-20/h3-8H,9H2,1-2H3. The fourth-order valence-corrected chi connectivity index (χ4v) is 2.34. The van der Waals surface area contributed by atoms with E-state index in [-0.39, 0.29) is 11.4 Å². The van der Waals surface area contributed by atoms with Gasteiger partial charge in [-0.3, -0.25) is 0 Å². The second-order valence-electron chi connectivity index (χ2n) is 4.53. The van der Waals surface area contributed by atoms with Crippen molar-refractivity contribution in [1.29, 1.82) is 0 Å². The molecule has 6 heteroatoms. The van der Waals surface area contributed by atoms with Crippen molar-refractivity contribution in [2.75, 3.05) is 14.2 Å². The van der Waals surface area contributed by atoms with E-state index >= 15 is 0 Å². The smallest absolute Gasteiger partial charge is 0.240 e. The number of aliphatic imine (C=N–C) groups is 2. The number of hydrogen-bond acceptors (Lipinski definition) is 6. The molecule has 0 heterocycles. The van der Waals surface area contributed by atoms with Crippen LogP contribution in [0.5, 0.6) is 0 Å². The molecule has 0 unspecified atom stereocenters. The summed E-state index contributed by atoms with van der Waals surface area (Å²) in [6, 6.07) is 5.07. The lowest BCUT2D eigenvalue weighted by atomic mass is 9.92. The second kappa shape index (κ2) is 6.89. The van der Waals surface area contributed by atoms with Gasteiger partial charge in [0.1, 0.15) is 11.4 Å². The first-order valence-electron chi connectivity index (χ1n) is 6.47. The Kier molecular flexibility index (Phi) is 4.94. The van der Waals surface area contributed by atoms with Gasteiger partial charge in [-0.1, -0.05) is 24.3 Å². The van der Waals surface area contributed by atoms with Crippen LogP contribution in [0.25, 0.3) is 5.57 Å². The van der Waals surface area contributed by atoms with E-state index in [0.29, 0.717) is 12.0 Å². The van der Waals surface area contributed by atoms with Crippen LogP contribution >= 0.6 is 0 Å². The zero-order valence-electron chi connectivity index (χ0n) is 12.2. The molecule has 112 valence electrons. The minimum Gasteiger partial charge on any atom is -0.349 e. The molecule has 2 rings (SSSR count). The van der Waals surface area contributed by atoms with Gasteiger partial charge in [-0.2, -0.15) is 9.98 Å². The van der Waals surface area contributed by atoms with Crippen LogP contribution in [-0.2, 0) is 19.1 Å². The summed E-state index contributed by atoms with van der Waals surface area (Å²) in [7, 11) is 3.10. The van der Waals surface area contributed by atoms with E-state index in [1.165, 1.54) is 12.2 Å². The molecule has 0 saturated heterocycles. The molecule has 1 aromatic carbocycles. The Balaban J connectivity index is 2.56. The Bertz CT molecular complexity index is 720. The van der Waals surface area contributed by atoms with Gasteiger partial charge in [0, 0.05) is 26.2 Å². The fraction of sp³-hybridized carbons (Fsp3) is 0.250. The topological polar surface area (TPSA) is 77.3 Å². The Hall–Kier alpha value is -2.62. The van der Waals surface area contributed by atoms with Gasteiger partial charge in [0.05, 0.1) is 0 Å². The third-order valence-electron chi connectivity index (χ3n) is 3.46. The van der Waals surface area contributed by atoms with Crippen LogP contribution in [0.2, 0.25) is 0 Å². The zero-order chi connectivity index (χ0) is 16.0. The first kappa shape index (κ1) is 15.8. The van der Waals surface area contributed by atoms with E-state index < -0.39 is 5.79 Å². The highest BCUT2D eigenvalue weighted by Gasteiger charge is 2.31. The van der Waals surface area contributed by atoms with E-state index in [4.69, 9.17) is 9.47 Å². The van der Waals surface area contributed by atoms with Crippen molar-refractivity contribution in [3.8, 4) is 0 Å². The summed E-state index contributed by atoms with van der Waals surface area (Å²) in [4.78, 5) is 28.5. The molecule has 0 fully saturated rings. The molecular formula is C16H14N2O4. The summed E-state index contributed by atoms with van der Waals surface area (Å²) >= 11 is 0. The van der Waals surface area contributed by atoms with Crippen LogP contribution in [0.4, 0.5) is 11.4 Å². The molecule has 1 aliphatic rings. The lowest BCUT2D eigenvalue weighted by Gasteiger charge is -2.31. The van der Waals surface area contributed by atoms with Crippen LogP contribution in [0.3, 0.4) is 0 Å². The van der Waals surface area contributed by atoms with Crippen LogP contribution in [0, 0.1) is 0 Å². The lowest BCUT2D eigenvalue weighted by Crippen LogP contribution is -2.32. The normalized spacial score (nSPS) is 15.5. The first-order valence-corrected chi connectivity index (χ1v) is 6.47. The van der Waals surface area contributed by atoms with Crippen molar-refractivity contribution in [2.45, 2.75) is 12.2 Å². The van der Waals surface area contributed by atoms with E-state index in [1.54, 1.807) is 44.6 Å². The van der Waals surface area contributed by atoms with Crippen LogP contribution in [-0.4, -0.2) is 32.2 Å². The quantitative estimate of drug-likeness (QED) is 0.475. The maximum atomic E-state index is 10.7. The molecule has 0 aromatic heterocycles. The van der Waals surface area contributed by atoms with Gasteiger partial charge in [0.25, 0.3) is 0 Å². The van der Waals surface area contributed by atoms with Crippen molar-refractivity contribution in [1.82, 2.24) is 0 Å². The molecular weight excluding hydrogens is 284 g/mol. The highest BCUT2D eigenvalue weighted by atomic mass is 16.7. The summed E-state index contributed by atoms with van der Waals surface area (Å²) < 4.78 is 10.8. The third-order valence-corrected chi connectivity index (χ3v) is 3.46. The van der Waals surface area contributed by atoms with Crippen molar-refractivity contribution >= 4 is 29.1 Å². The van der Waals surface area contributed by atoms with E-state index in [1.807, 2.05) is 6.08 Å². The molecule has 22 heavy (non-hydrogen) atoms. The predicted molar refractivity (Wildman–Crippen MR) is 80.5 cm³/mol. The summed E-state index contributed by atoms with van der Waals surface area (Å²) in [5, 5.41) is 0. The number of nitrogens with zero attached hydrogens (tertiary/aromatic N) is 2. The Labute approximate surface area is 127 Å². The Morgan fingerprint density at radius 2 is 1.86 bits per heavy atom. The molecule has 6 nitrogen and oxygen atoms in total. The first-order chi connectivity index (χ1) is 10.7. The van der Waals surface area contributed by atoms with Crippen LogP contribution < -0.4 is 0 Å². The maximum Gasteiger partial charge on any atom is 0.240 e. The minimum absolute atomic E-state index is 0.256. The summed E-state index contributed by atoms with van der Waals surface area (Å²) in [6.07, 6.45) is 8.83. The van der Waals surface area contributed by atoms with Gasteiger partial charge < -0.3 is 9.47 Å². The molecule has 0 bridgehead atoms. The predicted octanol–water partition coefficient (Wildman–Crippen LogP) is 2.95. The molecule has 1 aliphatic carbocycles. The summed E-state index contributed by atoms with van der Waals surface area (Å²) in [6.45, 7) is 0. The Morgan fingerprint density at radius 1 is 1.14 bits per heavy atom. The van der Waals surface area contributed by atoms with E-state index in [9.17, 15) is 9.59 Å². The number of isocyanates is 2. The van der Waals surface area contributed by atoms with Gasteiger partial charge in [-0.05, 0) is 17.7 Å². The molecule has 0 saturated carbocycles. The lowest BCUT2D eigenvalue weighted by molar-refractivity contribution is -0.166. The number of hydrogen-bond donors (Lipinski definition) is 0. The minimum atomic E-state index is -0.879. The van der Waals surface area contributed by atoms with Crippen molar-refractivity contribution < 1.29 is 19.1 Å². The highest BCUT2D eigenvalue weighted by molar-refractivity contribution is 5.84. The number of ether oxygens (including phenoxy) is 2. The highest BCUT2D eigenvalue weighted by Crippen LogP contribution is 2.40. The van der Waals surface area contributed by atoms with Gasteiger partial charge in [-0.25, -0.2) is 9.59 Å². The van der Waals surface area contributed by atoms with Gasteiger partial charge in [-0.15, -0.1) is 0 Å². The SMILES string of the molecule is COC1(OC)C=CC=C(c2cccc(N=C=O)c2N=C=O)C1. The maximum absolute atomic E-state index is 10.7. The number of rotatable bonds is 5. The monoisotopic (exact) mass is 298 g/mol. The zero-order valence-corrected chi connectivity index (χ0v) is 12.2. The second-order valence-corrected chi connectivity index (χ2v) is 4.53. The van der Waals surface area contributed by atoms with Crippen LogP contribution in [0.15, 0.2) is 46.4 Å². The molecule has 0 amide bonds. The molecule has 0 radical (unpaired) electrons. The number of para-hydroxylation sites is 1. The van der Waals surface area contributed by atoms with E-state index in [2.05, 4.69) is 9.98 Å². The van der Waals surface area contributed by atoms with E-state index in [0.717, 1.165) is 5.57 Å².